The van der Waals surface area contributed by atoms with Gasteiger partial charge in [-0.05, 0) is 85.9 Å². The molecule has 0 saturated carbocycles. The van der Waals surface area contributed by atoms with Crippen LogP contribution in [-0.2, 0) is 4.74 Å². The van der Waals surface area contributed by atoms with Crippen LogP contribution in [0.1, 0.15) is 45.1 Å². The van der Waals surface area contributed by atoms with Gasteiger partial charge in [0.05, 0.1) is 0 Å². The lowest BCUT2D eigenvalue weighted by atomic mass is 9.89. The summed E-state index contributed by atoms with van der Waals surface area (Å²) in [5.41, 5.74) is 0.864. The van der Waals surface area contributed by atoms with Gasteiger partial charge in [0.15, 0.2) is 0 Å². The highest BCUT2D eigenvalue weighted by atomic mass is 127. The second-order valence-electron chi connectivity index (χ2n) is 6.41. The van der Waals surface area contributed by atoms with Crippen molar-refractivity contribution >= 4 is 40.3 Å². The van der Waals surface area contributed by atoms with Gasteiger partial charge in [-0.15, -0.1) is 0 Å². The van der Waals surface area contributed by atoms with Gasteiger partial charge in [0.25, 0.3) is 0 Å². The first-order valence-electron chi connectivity index (χ1n) is 7.19. The molecule has 1 aromatic carbocycles. The molecule has 0 radical (unpaired) electrons. The summed E-state index contributed by atoms with van der Waals surface area (Å²) >= 11 is 8.45. The minimum atomic E-state index is -0.434. The SMILES string of the molecule is CC(C)(C)OC(=O)N1CCC(c2cc(Cl)ccc2I)CC1. The Labute approximate surface area is 145 Å². The molecule has 0 N–H and O–H groups in total. The summed E-state index contributed by atoms with van der Waals surface area (Å²) in [6.45, 7) is 7.16. The van der Waals surface area contributed by atoms with Crippen LogP contribution in [-0.4, -0.2) is 29.7 Å². The van der Waals surface area contributed by atoms with Crippen molar-refractivity contribution in [1.82, 2.24) is 4.90 Å². The number of hydrogen-bond acceptors (Lipinski definition) is 2. The van der Waals surface area contributed by atoms with Crippen LogP contribution < -0.4 is 0 Å². The Morgan fingerprint density at radius 3 is 2.52 bits per heavy atom. The summed E-state index contributed by atoms with van der Waals surface area (Å²) in [6, 6.07) is 6.03. The zero-order valence-electron chi connectivity index (χ0n) is 12.7. The Bertz CT molecular complexity index is 519. The van der Waals surface area contributed by atoms with Crippen LogP contribution in [0.2, 0.25) is 5.02 Å². The van der Waals surface area contributed by atoms with Crippen LogP contribution >= 0.6 is 34.2 Å². The quantitative estimate of drug-likeness (QED) is 0.593. The van der Waals surface area contributed by atoms with Crippen molar-refractivity contribution in [3.63, 3.8) is 0 Å². The van der Waals surface area contributed by atoms with E-state index in [0.29, 0.717) is 5.92 Å². The fourth-order valence-electron chi connectivity index (χ4n) is 2.53. The molecule has 0 atom stereocenters. The van der Waals surface area contributed by atoms with Crippen LogP contribution in [0.5, 0.6) is 0 Å². The van der Waals surface area contributed by atoms with E-state index in [4.69, 9.17) is 16.3 Å². The number of carbonyl (C=O) groups is 1. The largest absolute Gasteiger partial charge is 0.444 e. The molecule has 0 aromatic heterocycles. The average Bonchev–Trinajstić information content (AvgIpc) is 2.40. The normalized spacial score (nSPS) is 16.9. The van der Waals surface area contributed by atoms with Gasteiger partial charge in [0, 0.05) is 21.7 Å². The monoisotopic (exact) mass is 421 g/mol. The number of rotatable bonds is 1. The number of nitrogens with zero attached hydrogens (tertiary/aromatic N) is 1. The fraction of sp³-hybridized carbons (Fsp3) is 0.562. The molecule has 0 unspecified atom stereocenters. The first-order valence-corrected chi connectivity index (χ1v) is 8.65. The molecule has 2 rings (SSSR count). The molecule has 1 aliphatic heterocycles. The molecule has 1 fully saturated rings. The van der Waals surface area contributed by atoms with Crippen LogP contribution in [0.15, 0.2) is 18.2 Å². The lowest BCUT2D eigenvalue weighted by Crippen LogP contribution is -2.41. The number of benzene rings is 1. The number of likely N-dealkylation sites (tertiary alicyclic amines) is 1. The molecular formula is C16H21ClINO2. The fourth-order valence-corrected chi connectivity index (χ4v) is 3.48. The second kappa shape index (κ2) is 6.73. The highest BCUT2D eigenvalue weighted by Gasteiger charge is 2.28. The van der Waals surface area contributed by atoms with Gasteiger partial charge in [0.1, 0.15) is 5.60 Å². The van der Waals surface area contributed by atoms with Crippen molar-refractivity contribution in [3.05, 3.63) is 32.4 Å². The highest BCUT2D eigenvalue weighted by Crippen LogP contribution is 2.33. The first kappa shape index (κ1) is 16.9. The van der Waals surface area contributed by atoms with E-state index in [-0.39, 0.29) is 6.09 Å². The molecule has 1 aromatic rings. The lowest BCUT2D eigenvalue weighted by molar-refractivity contribution is 0.0204. The Hall–Kier alpha value is -0.490. The van der Waals surface area contributed by atoms with Gasteiger partial charge in [-0.2, -0.15) is 0 Å². The van der Waals surface area contributed by atoms with E-state index in [2.05, 4.69) is 34.7 Å². The molecular weight excluding hydrogens is 401 g/mol. The van der Waals surface area contributed by atoms with Crippen molar-refractivity contribution < 1.29 is 9.53 Å². The molecule has 3 nitrogen and oxygen atoms in total. The minimum absolute atomic E-state index is 0.207. The van der Waals surface area contributed by atoms with E-state index >= 15 is 0 Å². The third-order valence-electron chi connectivity index (χ3n) is 3.54. The molecule has 1 amide bonds. The number of amides is 1. The van der Waals surface area contributed by atoms with E-state index in [0.717, 1.165) is 31.0 Å². The van der Waals surface area contributed by atoms with Crippen molar-refractivity contribution in [1.29, 1.82) is 0 Å². The van der Waals surface area contributed by atoms with Crippen molar-refractivity contribution in [2.75, 3.05) is 13.1 Å². The molecule has 0 bridgehead atoms. The number of hydrogen-bond donors (Lipinski definition) is 0. The van der Waals surface area contributed by atoms with Crippen LogP contribution in [0.25, 0.3) is 0 Å². The Morgan fingerprint density at radius 2 is 1.95 bits per heavy atom. The summed E-state index contributed by atoms with van der Waals surface area (Å²) in [7, 11) is 0. The second-order valence-corrected chi connectivity index (χ2v) is 8.01. The average molecular weight is 422 g/mol. The molecule has 1 aliphatic rings. The van der Waals surface area contributed by atoms with Crippen molar-refractivity contribution in [2.45, 2.75) is 45.1 Å². The Kier molecular flexibility index (Phi) is 5.41. The van der Waals surface area contributed by atoms with E-state index in [1.165, 1.54) is 9.13 Å². The number of ether oxygens (including phenoxy) is 1. The number of halogens is 2. The third-order valence-corrected chi connectivity index (χ3v) is 4.76. The van der Waals surface area contributed by atoms with Gasteiger partial charge in [-0.1, -0.05) is 11.6 Å². The lowest BCUT2D eigenvalue weighted by Gasteiger charge is -2.34. The van der Waals surface area contributed by atoms with Crippen molar-refractivity contribution in [3.8, 4) is 0 Å². The van der Waals surface area contributed by atoms with Crippen molar-refractivity contribution in [2.24, 2.45) is 0 Å². The maximum atomic E-state index is 12.1. The summed E-state index contributed by atoms with van der Waals surface area (Å²) in [6.07, 6.45) is 1.70. The van der Waals surface area contributed by atoms with Gasteiger partial charge in [-0.3, -0.25) is 0 Å². The molecule has 5 heteroatoms. The molecule has 21 heavy (non-hydrogen) atoms. The molecule has 1 saturated heterocycles. The van der Waals surface area contributed by atoms with Gasteiger partial charge >= 0.3 is 6.09 Å². The van der Waals surface area contributed by atoms with Crippen LogP contribution in [0.3, 0.4) is 0 Å². The predicted molar refractivity (Wildman–Crippen MR) is 94.0 cm³/mol. The number of piperidine rings is 1. The third kappa shape index (κ3) is 4.74. The van der Waals surface area contributed by atoms with Gasteiger partial charge in [-0.25, -0.2) is 4.79 Å². The maximum Gasteiger partial charge on any atom is 0.410 e. The van der Waals surface area contributed by atoms with Gasteiger partial charge in [0.2, 0.25) is 0 Å². The zero-order chi connectivity index (χ0) is 15.6. The smallest absolute Gasteiger partial charge is 0.410 e. The van der Waals surface area contributed by atoms with Gasteiger partial charge < -0.3 is 9.64 Å². The Morgan fingerprint density at radius 1 is 1.33 bits per heavy atom. The predicted octanol–water partition coefficient (Wildman–Crippen LogP) is 5.06. The molecule has 116 valence electrons. The Balaban J connectivity index is 1.97. The standard InChI is InChI=1S/C16H21ClINO2/c1-16(2,3)21-15(20)19-8-6-11(7-9-19)13-10-12(17)4-5-14(13)18/h4-5,10-11H,6-9H2,1-3H3. The highest BCUT2D eigenvalue weighted by molar-refractivity contribution is 14.1. The maximum absolute atomic E-state index is 12.1. The summed E-state index contributed by atoms with van der Waals surface area (Å²) < 4.78 is 6.67. The van der Waals surface area contributed by atoms with E-state index in [1.54, 1.807) is 4.90 Å². The molecule has 0 aliphatic carbocycles. The van der Waals surface area contributed by atoms with E-state index in [9.17, 15) is 4.79 Å². The van der Waals surface area contributed by atoms with E-state index in [1.807, 2.05) is 26.8 Å². The first-order chi connectivity index (χ1) is 9.76. The molecule has 0 spiro atoms. The summed E-state index contributed by atoms with van der Waals surface area (Å²) in [4.78, 5) is 13.9. The van der Waals surface area contributed by atoms with Crippen LogP contribution in [0, 0.1) is 3.57 Å². The van der Waals surface area contributed by atoms with Crippen LogP contribution in [0.4, 0.5) is 4.79 Å². The number of carbonyl (C=O) groups excluding carboxylic acids is 1. The summed E-state index contributed by atoms with van der Waals surface area (Å²) in [5, 5.41) is 0.778. The summed E-state index contributed by atoms with van der Waals surface area (Å²) in [5.74, 6) is 0.467. The zero-order valence-corrected chi connectivity index (χ0v) is 15.6. The topological polar surface area (TPSA) is 29.5 Å². The minimum Gasteiger partial charge on any atom is -0.444 e. The van der Waals surface area contributed by atoms with E-state index < -0.39 is 5.60 Å². The molecule has 1 heterocycles.